The largest absolute Gasteiger partial charge is 0.493 e. The van der Waals surface area contributed by atoms with Crippen molar-refractivity contribution in [3.05, 3.63) is 156 Å². The molecule has 5 aromatic rings. The van der Waals surface area contributed by atoms with Gasteiger partial charge in [0.25, 0.3) is 11.8 Å². The van der Waals surface area contributed by atoms with Gasteiger partial charge in [-0.1, -0.05) is 72.8 Å². The molecule has 0 aliphatic heterocycles. The summed E-state index contributed by atoms with van der Waals surface area (Å²) >= 11 is 1.33. The third-order valence-corrected chi connectivity index (χ3v) is 8.45. The normalized spacial score (nSPS) is 11.5. The number of para-hydroxylation sites is 1. The van der Waals surface area contributed by atoms with E-state index in [1.165, 1.54) is 18.7 Å². The summed E-state index contributed by atoms with van der Waals surface area (Å²) in [6.07, 6.45) is 1.58. The minimum atomic E-state index is -0.632. The van der Waals surface area contributed by atoms with Gasteiger partial charge in [-0.25, -0.2) is 0 Å². The molecular weight excluding hydrogens is 649 g/mol. The van der Waals surface area contributed by atoms with Crippen molar-refractivity contribution in [1.82, 2.24) is 5.32 Å². The molecule has 0 radical (unpaired) electrons. The highest BCUT2D eigenvalue weighted by atomic mass is 32.2. The third-order valence-electron chi connectivity index (χ3n) is 7.21. The molecule has 9 nitrogen and oxygen atoms in total. The third kappa shape index (κ3) is 9.94. The second-order valence-electron chi connectivity index (χ2n) is 11.0. The SMILES string of the molecule is CCOc1ccccc1/C=C(/NC(=O)c1ccccc1)C(=O)Nc1cccc(SC(C(=O)Nc2ccc(NC(C)=O)cc2)c2ccccc2)c1. The highest BCUT2D eigenvalue weighted by molar-refractivity contribution is 8.00. The van der Waals surface area contributed by atoms with Gasteiger partial charge in [0.15, 0.2) is 0 Å². The molecule has 4 amide bonds. The second-order valence-corrected chi connectivity index (χ2v) is 12.2. The topological polar surface area (TPSA) is 126 Å². The zero-order chi connectivity index (χ0) is 35.3. The first-order chi connectivity index (χ1) is 24.3. The van der Waals surface area contributed by atoms with E-state index in [1.54, 1.807) is 84.9 Å². The molecule has 252 valence electrons. The highest BCUT2D eigenvalue weighted by Crippen LogP contribution is 2.37. The Morgan fingerprint density at radius 3 is 2.02 bits per heavy atom. The summed E-state index contributed by atoms with van der Waals surface area (Å²) in [7, 11) is 0. The molecule has 50 heavy (non-hydrogen) atoms. The van der Waals surface area contributed by atoms with Crippen LogP contribution in [0.15, 0.2) is 144 Å². The minimum absolute atomic E-state index is 0.0233. The molecule has 1 atom stereocenters. The summed E-state index contributed by atoms with van der Waals surface area (Å²) < 4.78 is 5.75. The van der Waals surface area contributed by atoms with E-state index in [-0.39, 0.29) is 17.5 Å². The van der Waals surface area contributed by atoms with Crippen LogP contribution in [0.4, 0.5) is 17.1 Å². The van der Waals surface area contributed by atoms with Crippen LogP contribution in [0.2, 0.25) is 0 Å². The molecule has 0 bridgehead atoms. The number of hydrogen-bond acceptors (Lipinski definition) is 6. The molecule has 5 rings (SSSR count). The van der Waals surface area contributed by atoms with Crippen molar-refractivity contribution in [2.45, 2.75) is 24.0 Å². The van der Waals surface area contributed by atoms with Crippen LogP contribution < -0.4 is 26.0 Å². The van der Waals surface area contributed by atoms with Crippen LogP contribution in [0.5, 0.6) is 5.75 Å². The van der Waals surface area contributed by atoms with Crippen molar-refractivity contribution in [2.24, 2.45) is 0 Å². The van der Waals surface area contributed by atoms with Crippen LogP contribution in [0, 0.1) is 0 Å². The van der Waals surface area contributed by atoms with Crippen LogP contribution in [-0.4, -0.2) is 30.2 Å². The molecule has 5 aromatic carbocycles. The summed E-state index contributed by atoms with van der Waals surface area (Å²) in [5, 5.41) is 10.7. The predicted octanol–water partition coefficient (Wildman–Crippen LogP) is 7.93. The summed E-state index contributed by atoms with van der Waals surface area (Å²) in [4.78, 5) is 52.7. The van der Waals surface area contributed by atoms with Crippen molar-refractivity contribution >= 4 is 58.5 Å². The number of amides is 4. The fourth-order valence-corrected chi connectivity index (χ4v) is 6.00. The minimum Gasteiger partial charge on any atom is -0.493 e. The lowest BCUT2D eigenvalue weighted by molar-refractivity contribution is -0.116. The maximum atomic E-state index is 13.8. The van der Waals surface area contributed by atoms with Crippen molar-refractivity contribution in [3.63, 3.8) is 0 Å². The quantitative estimate of drug-likeness (QED) is 0.0738. The number of carbonyl (C=O) groups is 4. The highest BCUT2D eigenvalue weighted by Gasteiger charge is 2.23. The Kier molecular flexibility index (Phi) is 12.2. The second kappa shape index (κ2) is 17.3. The van der Waals surface area contributed by atoms with Gasteiger partial charge in [0.2, 0.25) is 11.8 Å². The molecule has 0 heterocycles. The van der Waals surface area contributed by atoms with E-state index in [4.69, 9.17) is 4.74 Å². The van der Waals surface area contributed by atoms with Crippen molar-refractivity contribution in [3.8, 4) is 5.75 Å². The molecule has 0 fully saturated rings. The van der Waals surface area contributed by atoms with E-state index in [0.29, 0.717) is 40.5 Å². The number of hydrogen-bond donors (Lipinski definition) is 4. The zero-order valence-electron chi connectivity index (χ0n) is 27.5. The van der Waals surface area contributed by atoms with E-state index in [0.717, 1.165) is 10.5 Å². The van der Waals surface area contributed by atoms with Crippen LogP contribution in [0.3, 0.4) is 0 Å². The maximum absolute atomic E-state index is 13.8. The Bertz CT molecular complexity index is 1980. The molecule has 0 aliphatic rings. The first-order valence-electron chi connectivity index (χ1n) is 15.9. The number of anilines is 3. The number of thioether (sulfide) groups is 1. The summed E-state index contributed by atoms with van der Waals surface area (Å²) in [6.45, 7) is 3.73. The molecule has 0 saturated heterocycles. The Morgan fingerprint density at radius 1 is 0.700 bits per heavy atom. The lowest BCUT2D eigenvalue weighted by atomic mass is 10.1. The smallest absolute Gasteiger partial charge is 0.272 e. The number of carbonyl (C=O) groups excluding carboxylic acids is 4. The van der Waals surface area contributed by atoms with E-state index in [9.17, 15) is 19.2 Å². The molecule has 0 spiro atoms. The van der Waals surface area contributed by atoms with Gasteiger partial charge in [0.1, 0.15) is 16.7 Å². The Labute approximate surface area is 295 Å². The molecule has 0 saturated carbocycles. The van der Waals surface area contributed by atoms with E-state index >= 15 is 0 Å². The Balaban J connectivity index is 1.37. The number of rotatable bonds is 13. The predicted molar refractivity (Wildman–Crippen MR) is 199 cm³/mol. The lowest BCUT2D eigenvalue weighted by Gasteiger charge is -2.18. The summed E-state index contributed by atoms with van der Waals surface area (Å²) in [5.41, 5.74) is 3.51. The van der Waals surface area contributed by atoms with E-state index < -0.39 is 17.1 Å². The van der Waals surface area contributed by atoms with Crippen molar-refractivity contribution in [1.29, 1.82) is 0 Å². The van der Waals surface area contributed by atoms with Crippen LogP contribution in [-0.2, 0) is 14.4 Å². The molecule has 4 N–H and O–H groups in total. The first kappa shape index (κ1) is 35.2. The van der Waals surface area contributed by atoms with Crippen LogP contribution >= 0.6 is 11.8 Å². The standard InChI is InChI=1S/C40H36N4O5S/c1-3-49-36-20-11-10-17-30(36)25-35(44-38(46)29-15-8-5-9-16-29)39(47)43-33-18-12-19-34(26-33)50-37(28-13-6-4-7-14-28)40(48)42-32-23-21-31(22-24-32)41-27(2)45/h4-26,37H,3H2,1-2H3,(H,41,45)(H,42,48)(H,43,47)(H,44,46)/b35-25+. The van der Waals surface area contributed by atoms with Gasteiger partial charge in [-0.05, 0) is 79.2 Å². The monoisotopic (exact) mass is 684 g/mol. The van der Waals surface area contributed by atoms with Crippen LogP contribution in [0.1, 0.15) is 40.6 Å². The maximum Gasteiger partial charge on any atom is 0.272 e. The van der Waals surface area contributed by atoms with Crippen LogP contribution in [0.25, 0.3) is 6.08 Å². The molecule has 0 aliphatic carbocycles. The fraction of sp³-hybridized carbons (Fsp3) is 0.100. The van der Waals surface area contributed by atoms with Gasteiger partial charge in [0.05, 0.1) is 6.61 Å². The number of nitrogens with one attached hydrogen (secondary N) is 4. The van der Waals surface area contributed by atoms with Crippen molar-refractivity contribution < 1.29 is 23.9 Å². The summed E-state index contributed by atoms with van der Waals surface area (Å²) in [5.74, 6) is -0.836. The number of ether oxygens (including phenoxy) is 1. The molecule has 1 unspecified atom stereocenters. The Hall–Kier alpha value is -6.13. The average molecular weight is 685 g/mol. The van der Waals surface area contributed by atoms with Gasteiger partial charge in [-0.15, -0.1) is 11.8 Å². The van der Waals surface area contributed by atoms with E-state index in [2.05, 4.69) is 21.3 Å². The lowest BCUT2D eigenvalue weighted by Crippen LogP contribution is -2.30. The van der Waals surface area contributed by atoms with Gasteiger partial charge in [-0.3, -0.25) is 19.2 Å². The number of benzene rings is 5. The summed E-state index contributed by atoms with van der Waals surface area (Å²) in [6, 6.07) is 39.3. The zero-order valence-corrected chi connectivity index (χ0v) is 28.3. The van der Waals surface area contributed by atoms with E-state index in [1.807, 2.05) is 61.5 Å². The van der Waals surface area contributed by atoms with Gasteiger partial charge >= 0.3 is 0 Å². The van der Waals surface area contributed by atoms with Gasteiger partial charge in [-0.2, -0.15) is 0 Å². The van der Waals surface area contributed by atoms with Gasteiger partial charge < -0.3 is 26.0 Å². The Morgan fingerprint density at radius 2 is 1.34 bits per heavy atom. The molecule has 0 aromatic heterocycles. The van der Waals surface area contributed by atoms with Gasteiger partial charge in [0, 0.05) is 40.0 Å². The van der Waals surface area contributed by atoms with Crippen molar-refractivity contribution in [2.75, 3.05) is 22.6 Å². The fourth-order valence-electron chi connectivity index (χ4n) is 4.92. The first-order valence-corrected chi connectivity index (χ1v) is 16.8. The average Bonchev–Trinajstić information content (AvgIpc) is 3.12. The molecular formula is C40H36N4O5S. The molecule has 10 heteroatoms.